The van der Waals surface area contributed by atoms with Crippen molar-refractivity contribution in [2.45, 2.75) is 69.2 Å². The molecule has 0 unspecified atom stereocenters. The summed E-state index contributed by atoms with van der Waals surface area (Å²) in [5.74, 6) is 0.260. The molecule has 32 heavy (non-hydrogen) atoms. The SMILES string of the molecule is CC(C)(C)c1ccc(OCC(=O)Nc2ccc(S(=O)(=O)NC3CCCCC3)cc2)c(Br)c1. The van der Waals surface area contributed by atoms with E-state index in [2.05, 4.69) is 46.7 Å². The molecule has 8 heteroatoms. The summed E-state index contributed by atoms with van der Waals surface area (Å²) < 4.78 is 34.4. The highest BCUT2D eigenvalue weighted by Gasteiger charge is 2.22. The molecule has 0 bridgehead atoms. The third-order valence-electron chi connectivity index (χ3n) is 5.53. The highest BCUT2D eigenvalue weighted by molar-refractivity contribution is 9.10. The molecular formula is C24H31BrN2O4S. The average molecular weight is 523 g/mol. The number of carbonyl (C=O) groups is 1. The first-order valence-corrected chi connectivity index (χ1v) is 13.2. The van der Waals surface area contributed by atoms with E-state index in [1.165, 1.54) is 12.1 Å². The van der Waals surface area contributed by atoms with Gasteiger partial charge in [0, 0.05) is 11.7 Å². The van der Waals surface area contributed by atoms with Crippen molar-refractivity contribution in [2.75, 3.05) is 11.9 Å². The van der Waals surface area contributed by atoms with Crippen LogP contribution < -0.4 is 14.8 Å². The quantitative estimate of drug-likeness (QED) is 0.511. The van der Waals surface area contributed by atoms with Gasteiger partial charge in [-0.25, -0.2) is 13.1 Å². The number of benzene rings is 2. The molecule has 174 valence electrons. The third kappa shape index (κ3) is 6.80. The fourth-order valence-electron chi connectivity index (χ4n) is 3.65. The van der Waals surface area contributed by atoms with Crippen LogP contribution in [0, 0.1) is 0 Å². The Morgan fingerprint density at radius 2 is 1.72 bits per heavy atom. The molecule has 0 spiro atoms. The summed E-state index contributed by atoms with van der Waals surface area (Å²) in [6.45, 7) is 6.23. The number of halogens is 1. The van der Waals surface area contributed by atoms with E-state index in [1.807, 2.05) is 18.2 Å². The van der Waals surface area contributed by atoms with Crippen LogP contribution in [-0.2, 0) is 20.2 Å². The molecule has 1 amide bonds. The topological polar surface area (TPSA) is 84.5 Å². The van der Waals surface area contributed by atoms with Crippen LogP contribution in [0.3, 0.4) is 0 Å². The minimum atomic E-state index is -3.56. The van der Waals surface area contributed by atoms with E-state index in [0.717, 1.165) is 42.1 Å². The summed E-state index contributed by atoms with van der Waals surface area (Å²) in [6, 6.07) is 12.0. The Balaban J connectivity index is 1.54. The molecule has 1 aliphatic carbocycles. The van der Waals surface area contributed by atoms with E-state index in [0.29, 0.717) is 11.4 Å². The van der Waals surface area contributed by atoms with E-state index in [-0.39, 0.29) is 28.9 Å². The molecule has 6 nitrogen and oxygen atoms in total. The fourth-order valence-corrected chi connectivity index (χ4v) is 5.45. The van der Waals surface area contributed by atoms with Gasteiger partial charge in [0.15, 0.2) is 6.61 Å². The van der Waals surface area contributed by atoms with E-state index in [9.17, 15) is 13.2 Å². The standard InChI is InChI=1S/C24H31BrN2O4S/c1-24(2,3)17-9-14-22(21(25)15-17)31-16-23(28)26-18-10-12-20(13-11-18)32(29,30)27-19-7-5-4-6-8-19/h9-15,19,27H,4-8,16H2,1-3H3,(H,26,28). The molecule has 0 heterocycles. The monoisotopic (exact) mass is 522 g/mol. The lowest BCUT2D eigenvalue weighted by Gasteiger charge is -2.22. The lowest BCUT2D eigenvalue weighted by atomic mass is 9.87. The maximum atomic E-state index is 12.6. The van der Waals surface area contributed by atoms with Gasteiger partial charge in [-0.2, -0.15) is 0 Å². The maximum absolute atomic E-state index is 12.6. The van der Waals surface area contributed by atoms with Gasteiger partial charge < -0.3 is 10.1 Å². The van der Waals surface area contributed by atoms with Gasteiger partial charge in [0.2, 0.25) is 10.0 Å². The van der Waals surface area contributed by atoms with Crippen molar-refractivity contribution >= 4 is 37.5 Å². The lowest BCUT2D eigenvalue weighted by Crippen LogP contribution is -2.36. The highest BCUT2D eigenvalue weighted by atomic mass is 79.9. The normalized spacial score (nSPS) is 15.4. The van der Waals surface area contributed by atoms with Gasteiger partial charge in [-0.15, -0.1) is 0 Å². The second-order valence-corrected chi connectivity index (χ2v) is 11.8. The number of sulfonamides is 1. The summed E-state index contributed by atoms with van der Waals surface area (Å²) in [7, 11) is -3.56. The molecule has 1 saturated carbocycles. The molecule has 2 N–H and O–H groups in total. The van der Waals surface area contributed by atoms with E-state index < -0.39 is 10.0 Å². The maximum Gasteiger partial charge on any atom is 0.262 e. The van der Waals surface area contributed by atoms with Gasteiger partial charge >= 0.3 is 0 Å². The third-order valence-corrected chi connectivity index (χ3v) is 7.69. The number of carbonyl (C=O) groups excluding carboxylic acids is 1. The first-order chi connectivity index (χ1) is 15.0. The van der Waals surface area contributed by atoms with Crippen LogP contribution in [-0.4, -0.2) is 27.0 Å². The number of ether oxygens (including phenoxy) is 1. The van der Waals surface area contributed by atoms with Crippen LogP contribution in [0.4, 0.5) is 5.69 Å². The Bertz CT molecular complexity index is 1040. The molecule has 0 atom stereocenters. The van der Waals surface area contributed by atoms with E-state index in [4.69, 9.17) is 4.74 Å². The van der Waals surface area contributed by atoms with Crippen LogP contribution in [0.1, 0.15) is 58.4 Å². The van der Waals surface area contributed by atoms with Crippen LogP contribution in [0.5, 0.6) is 5.75 Å². The molecule has 1 fully saturated rings. The van der Waals surface area contributed by atoms with Gasteiger partial charge in [-0.3, -0.25) is 4.79 Å². The minimum absolute atomic E-state index is 0.00191. The second kappa shape index (κ2) is 10.4. The van der Waals surface area contributed by atoms with Crippen molar-refractivity contribution in [2.24, 2.45) is 0 Å². The van der Waals surface area contributed by atoms with Crippen LogP contribution in [0.25, 0.3) is 0 Å². The summed E-state index contributed by atoms with van der Waals surface area (Å²) >= 11 is 3.50. The second-order valence-electron chi connectivity index (χ2n) is 9.21. The summed E-state index contributed by atoms with van der Waals surface area (Å²) in [6.07, 6.45) is 5.02. The lowest BCUT2D eigenvalue weighted by molar-refractivity contribution is -0.118. The van der Waals surface area contributed by atoms with Gasteiger partial charge in [0.25, 0.3) is 5.91 Å². The fraction of sp³-hybridized carbons (Fsp3) is 0.458. The molecule has 0 aromatic heterocycles. The smallest absolute Gasteiger partial charge is 0.262 e. The van der Waals surface area contributed by atoms with Crippen LogP contribution in [0.2, 0.25) is 0 Å². The van der Waals surface area contributed by atoms with Crippen molar-refractivity contribution < 1.29 is 17.9 Å². The van der Waals surface area contributed by atoms with Gasteiger partial charge in [-0.05, 0) is 76.1 Å². The van der Waals surface area contributed by atoms with Crippen LogP contribution >= 0.6 is 15.9 Å². The predicted molar refractivity (Wildman–Crippen MR) is 131 cm³/mol. The molecular weight excluding hydrogens is 492 g/mol. The van der Waals surface area contributed by atoms with Crippen molar-refractivity contribution in [3.8, 4) is 5.75 Å². The highest BCUT2D eigenvalue weighted by Crippen LogP contribution is 2.31. The van der Waals surface area contributed by atoms with Gasteiger partial charge in [0.1, 0.15) is 5.75 Å². The molecule has 3 rings (SSSR count). The van der Waals surface area contributed by atoms with Crippen molar-refractivity contribution in [3.05, 3.63) is 52.5 Å². The zero-order valence-electron chi connectivity index (χ0n) is 18.8. The first-order valence-electron chi connectivity index (χ1n) is 10.9. The van der Waals surface area contributed by atoms with Gasteiger partial charge in [-0.1, -0.05) is 46.1 Å². The Hall–Kier alpha value is -1.90. The Morgan fingerprint density at radius 3 is 2.31 bits per heavy atom. The van der Waals surface area contributed by atoms with Crippen molar-refractivity contribution in [1.29, 1.82) is 0 Å². The number of nitrogens with one attached hydrogen (secondary N) is 2. The summed E-state index contributed by atoms with van der Waals surface area (Å²) in [4.78, 5) is 12.5. The zero-order valence-corrected chi connectivity index (χ0v) is 21.2. The van der Waals surface area contributed by atoms with Gasteiger partial charge in [0.05, 0.1) is 9.37 Å². The largest absolute Gasteiger partial charge is 0.483 e. The molecule has 0 radical (unpaired) electrons. The van der Waals surface area contributed by atoms with E-state index in [1.54, 1.807) is 12.1 Å². The molecule has 1 aliphatic rings. The molecule has 0 saturated heterocycles. The Morgan fingerprint density at radius 1 is 1.06 bits per heavy atom. The van der Waals surface area contributed by atoms with E-state index >= 15 is 0 Å². The molecule has 0 aliphatic heterocycles. The number of amides is 1. The van der Waals surface area contributed by atoms with Crippen molar-refractivity contribution in [1.82, 2.24) is 4.72 Å². The summed E-state index contributed by atoms with van der Waals surface area (Å²) in [5.41, 5.74) is 1.69. The number of rotatable bonds is 7. The minimum Gasteiger partial charge on any atom is -0.483 e. The van der Waals surface area contributed by atoms with Crippen LogP contribution in [0.15, 0.2) is 51.8 Å². The number of hydrogen-bond donors (Lipinski definition) is 2. The Kier molecular flexibility index (Phi) is 8.01. The first kappa shape index (κ1) is 24.7. The van der Waals surface area contributed by atoms with Crippen molar-refractivity contribution in [3.63, 3.8) is 0 Å². The number of hydrogen-bond acceptors (Lipinski definition) is 4. The summed E-state index contributed by atoms with van der Waals surface area (Å²) in [5, 5.41) is 2.73. The average Bonchev–Trinajstić information content (AvgIpc) is 2.73. The molecule has 2 aromatic carbocycles. The number of anilines is 1. The Labute approximate surface area is 199 Å². The zero-order chi connectivity index (χ0) is 23.4. The molecule has 2 aromatic rings. The predicted octanol–water partition coefficient (Wildman–Crippen LogP) is 5.38.